The van der Waals surface area contributed by atoms with Crippen LogP contribution in [0, 0.1) is 6.92 Å². The average Bonchev–Trinajstić information content (AvgIpc) is 2.83. The van der Waals surface area contributed by atoms with Crippen LogP contribution in [-0.2, 0) is 4.74 Å². The number of Topliss-reactive ketones (excluding diaryl/α,β-unsaturated/α-hetero) is 1. The Morgan fingerprint density at radius 1 is 1.39 bits per heavy atom. The lowest BCUT2D eigenvalue weighted by Crippen LogP contribution is -2.11. The molecule has 98 valence electrons. The predicted molar refractivity (Wildman–Crippen MR) is 70.0 cm³/mol. The smallest absolute Gasteiger partial charge is 0.163 e. The lowest BCUT2D eigenvalue weighted by molar-refractivity contribution is 0.101. The molecule has 0 N–H and O–H groups in total. The minimum absolute atomic E-state index is 0.0557. The summed E-state index contributed by atoms with van der Waals surface area (Å²) in [5.74, 6) is 1.87. The molecule has 1 aliphatic heterocycles. The van der Waals surface area contributed by atoms with Crippen LogP contribution in [0.4, 0.5) is 0 Å². The van der Waals surface area contributed by atoms with Crippen molar-refractivity contribution in [2.45, 2.75) is 46.1 Å². The Morgan fingerprint density at radius 2 is 2.11 bits per heavy atom. The molecule has 0 amide bonds. The summed E-state index contributed by atoms with van der Waals surface area (Å²) in [6.07, 6.45) is 3.14. The van der Waals surface area contributed by atoms with Crippen LogP contribution in [0.5, 0.6) is 0 Å². The second kappa shape index (κ2) is 5.11. The fourth-order valence-electron chi connectivity index (χ4n) is 2.45. The van der Waals surface area contributed by atoms with Crippen molar-refractivity contribution < 1.29 is 13.9 Å². The summed E-state index contributed by atoms with van der Waals surface area (Å²) in [5, 5.41) is 0. The van der Waals surface area contributed by atoms with Crippen LogP contribution in [0.2, 0.25) is 0 Å². The van der Waals surface area contributed by atoms with Crippen molar-refractivity contribution in [1.29, 1.82) is 0 Å². The first-order valence-electron chi connectivity index (χ1n) is 6.37. The van der Waals surface area contributed by atoms with E-state index in [2.05, 4.69) is 19.9 Å². The Bertz CT molecular complexity index is 478. The minimum atomic E-state index is 0.0557. The summed E-state index contributed by atoms with van der Waals surface area (Å²) >= 11 is 0. The Hall–Kier alpha value is -1.35. The first kappa shape index (κ1) is 13.1. The SMILES string of the molecule is CC(=O)c1cc([C@H]2CCO[C@H]2C=C(C)C)oc1C. The number of rotatable bonds is 3. The third-order valence-corrected chi connectivity index (χ3v) is 3.31. The fourth-order valence-corrected chi connectivity index (χ4v) is 2.45. The highest BCUT2D eigenvalue weighted by Gasteiger charge is 2.31. The maximum absolute atomic E-state index is 11.5. The summed E-state index contributed by atoms with van der Waals surface area (Å²) in [4.78, 5) is 11.5. The van der Waals surface area contributed by atoms with E-state index in [0.717, 1.165) is 18.8 Å². The molecule has 1 aromatic rings. The second-order valence-corrected chi connectivity index (χ2v) is 5.15. The molecular formula is C15H20O3. The first-order chi connectivity index (χ1) is 8.49. The molecule has 3 heteroatoms. The highest BCUT2D eigenvalue weighted by molar-refractivity contribution is 5.95. The van der Waals surface area contributed by atoms with E-state index in [4.69, 9.17) is 9.15 Å². The van der Waals surface area contributed by atoms with Crippen molar-refractivity contribution in [2.75, 3.05) is 6.61 Å². The normalized spacial score (nSPS) is 23.1. The molecule has 0 spiro atoms. The summed E-state index contributed by atoms with van der Waals surface area (Å²) in [5.41, 5.74) is 1.93. The van der Waals surface area contributed by atoms with Gasteiger partial charge < -0.3 is 9.15 Å². The van der Waals surface area contributed by atoms with Gasteiger partial charge in [-0.3, -0.25) is 4.79 Å². The number of carbonyl (C=O) groups is 1. The maximum atomic E-state index is 11.5. The molecule has 1 fully saturated rings. The number of carbonyl (C=O) groups excluding carboxylic acids is 1. The summed E-state index contributed by atoms with van der Waals surface area (Å²) < 4.78 is 11.5. The Labute approximate surface area is 108 Å². The zero-order chi connectivity index (χ0) is 13.3. The van der Waals surface area contributed by atoms with E-state index >= 15 is 0 Å². The lowest BCUT2D eigenvalue weighted by atomic mass is 9.96. The predicted octanol–water partition coefficient (Wildman–Crippen LogP) is 3.63. The van der Waals surface area contributed by atoms with E-state index in [1.54, 1.807) is 6.92 Å². The van der Waals surface area contributed by atoms with Gasteiger partial charge in [-0.1, -0.05) is 11.6 Å². The molecule has 1 saturated heterocycles. The van der Waals surface area contributed by atoms with E-state index < -0.39 is 0 Å². The van der Waals surface area contributed by atoms with Crippen LogP contribution in [0.15, 0.2) is 22.1 Å². The van der Waals surface area contributed by atoms with E-state index in [1.165, 1.54) is 5.57 Å². The summed E-state index contributed by atoms with van der Waals surface area (Å²) in [6, 6.07) is 1.88. The van der Waals surface area contributed by atoms with Crippen LogP contribution < -0.4 is 0 Å². The minimum Gasteiger partial charge on any atom is -0.465 e. The van der Waals surface area contributed by atoms with Crippen molar-refractivity contribution in [2.24, 2.45) is 0 Å². The van der Waals surface area contributed by atoms with Crippen LogP contribution >= 0.6 is 0 Å². The van der Waals surface area contributed by atoms with Crippen LogP contribution in [0.1, 0.15) is 55.0 Å². The number of hydrogen-bond acceptors (Lipinski definition) is 3. The van der Waals surface area contributed by atoms with Gasteiger partial charge in [-0.15, -0.1) is 0 Å². The molecule has 0 aromatic carbocycles. The molecule has 1 aromatic heterocycles. The molecule has 2 atom stereocenters. The van der Waals surface area contributed by atoms with E-state index in [-0.39, 0.29) is 17.8 Å². The molecule has 0 bridgehead atoms. The van der Waals surface area contributed by atoms with Crippen molar-refractivity contribution in [3.05, 3.63) is 34.8 Å². The molecule has 2 heterocycles. The van der Waals surface area contributed by atoms with Gasteiger partial charge in [0, 0.05) is 12.5 Å². The van der Waals surface area contributed by atoms with Crippen molar-refractivity contribution in [1.82, 2.24) is 0 Å². The van der Waals surface area contributed by atoms with Crippen molar-refractivity contribution in [3.63, 3.8) is 0 Å². The number of allylic oxidation sites excluding steroid dienone is 1. The third kappa shape index (κ3) is 2.56. The number of ether oxygens (including phenoxy) is 1. The number of hydrogen-bond donors (Lipinski definition) is 0. The second-order valence-electron chi connectivity index (χ2n) is 5.15. The quantitative estimate of drug-likeness (QED) is 0.605. The lowest BCUT2D eigenvalue weighted by Gasteiger charge is -2.13. The first-order valence-corrected chi connectivity index (χ1v) is 6.37. The Morgan fingerprint density at radius 3 is 2.67 bits per heavy atom. The highest BCUT2D eigenvalue weighted by atomic mass is 16.5. The van der Waals surface area contributed by atoms with Gasteiger partial charge in [0.25, 0.3) is 0 Å². The van der Waals surface area contributed by atoms with Gasteiger partial charge in [-0.2, -0.15) is 0 Å². The molecule has 3 nitrogen and oxygen atoms in total. The molecular weight excluding hydrogens is 228 g/mol. The molecule has 0 aliphatic carbocycles. The molecule has 18 heavy (non-hydrogen) atoms. The van der Waals surface area contributed by atoms with Crippen LogP contribution in [-0.4, -0.2) is 18.5 Å². The Balaban J connectivity index is 2.28. The van der Waals surface area contributed by atoms with Crippen LogP contribution in [0.3, 0.4) is 0 Å². The zero-order valence-corrected chi connectivity index (χ0v) is 11.4. The summed E-state index contributed by atoms with van der Waals surface area (Å²) in [6.45, 7) is 8.28. The zero-order valence-electron chi connectivity index (χ0n) is 11.4. The van der Waals surface area contributed by atoms with Crippen LogP contribution in [0.25, 0.3) is 0 Å². The van der Waals surface area contributed by atoms with Gasteiger partial charge in [0.05, 0.1) is 11.7 Å². The average molecular weight is 248 g/mol. The number of ketones is 1. The standard InChI is InChI=1S/C15H20O3/c1-9(2)7-14-12(5-6-17-14)15-8-13(10(3)16)11(4)18-15/h7-8,12,14H,5-6H2,1-4H3/t12-,14-/m0/s1. The monoisotopic (exact) mass is 248 g/mol. The highest BCUT2D eigenvalue weighted by Crippen LogP contribution is 2.34. The van der Waals surface area contributed by atoms with E-state index in [9.17, 15) is 4.79 Å². The molecule has 0 radical (unpaired) electrons. The number of aryl methyl sites for hydroxylation is 1. The van der Waals surface area contributed by atoms with Gasteiger partial charge in [0.2, 0.25) is 0 Å². The molecule has 0 unspecified atom stereocenters. The van der Waals surface area contributed by atoms with Crippen molar-refractivity contribution in [3.8, 4) is 0 Å². The Kier molecular flexibility index (Phi) is 3.71. The largest absolute Gasteiger partial charge is 0.465 e. The van der Waals surface area contributed by atoms with Gasteiger partial charge in [-0.25, -0.2) is 0 Å². The van der Waals surface area contributed by atoms with Gasteiger partial charge in [0.1, 0.15) is 11.5 Å². The fraction of sp³-hybridized carbons (Fsp3) is 0.533. The third-order valence-electron chi connectivity index (χ3n) is 3.31. The van der Waals surface area contributed by atoms with Gasteiger partial charge >= 0.3 is 0 Å². The number of furan rings is 1. The van der Waals surface area contributed by atoms with E-state index in [1.807, 2.05) is 13.0 Å². The summed E-state index contributed by atoms with van der Waals surface area (Å²) in [7, 11) is 0. The van der Waals surface area contributed by atoms with Gasteiger partial charge in [-0.05, 0) is 40.2 Å². The molecule has 1 aliphatic rings. The molecule has 2 rings (SSSR count). The molecule has 0 saturated carbocycles. The van der Waals surface area contributed by atoms with Gasteiger partial charge in [0.15, 0.2) is 5.78 Å². The maximum Gasteiger partial charge on any atom is 0.163 e. The topological polar surface area (TPSA) is 39.4 Å². The van der Waals surface area contributed by atoms with Crippen molar-refractivity contribution >= 4 is 5.78 Å². The van der Waals surface area contributed by atoms with E-state index in [0.29, 0.717) is 11.3 Å².